The van der Waals surface area contributed by atoms with Crippen LogP contribution in [0, 0.1) is 5.92 Å². The van der Waals surface area contributed by atoms with Gasteiger partial charge >= 0.3 is 0 Å². The van der Waals surface area contributed by atoms with E-state index in [1.807, 2.05) is 24.3 Å². The Balaban J connectivity index is 1.73. The van der Waals surface area contributed by atoms with E-state index in [1.54, 1.807) is 0 Å². The molecular weight excluding hydrogens is 260 g/mol. The maximum atomic E-state index is 12.8. The van der Waals surface area contributed by atoms with Gasteiger partial charge in [0.15, 0.2) is 0 Å². The number of carbonyl (C=O) groups excluding carboxylic acids is 1. The van der Waals surface area contributed by atoms with Gasteiger partial charge in [0.2, 0.25) is 0 Å². The molecule has 2 aliphatic rings. The Bertz CT molecular complexity index is 480. The Hall–Kier alpha value is -1.35. The second kappa shape index (κ2) is 6.61. The Morgan fingerprint density at radius 2 is 1.81 bits per heavy atom. The summed E-state index contributed by atoms with van der Waals surface area (Å²) >= 11 is 0. The molecule has 3 nitrogen and oxygen atoms in total. The molecular formula is C18H26N2O. The van der Waals surface area contributed by atoms with Gasteiger partial charge < -0.3 is 10.6 Å². The normalized spacial score (nSPS) is 25.5. The molecule has 1 amide bonds. The predicted molar refractivity (Wildman–Crippen MR) is 85.2 cm³/mol. The highest BCUT2D eigenvalue weighted by Crippen LogP contribution is 2.35. The van der Waals surface area contributed by atoms with Gasteiger partial charge in [-0.15, -0.1) is 0 Å². The summed E-state index contributed by atoms with van der Waals surface area (Å²) in [5, 5.41) is 0. The number of hydrogen-bond donors (Lipinski definition) is 1. The van der Waals surface area contributed by atoms with Crippen molar-refractivity contribution in [2.45, 2.75) is 51.0 Å². The van der Waals surface area contributed by atoms with Gasteiger partial charge in [0, 0.05) is 18.2 Å². The molecule has 1 aliphatic carbocycles. The number of hydrogen-bond acceptors (Lipinski definition) is 2. The monoisotopic (exact) mass is 286 g/mol. The lowest BCUT2D eigenvalue weighted by molar-refractivity contribution is 0.0390. The van der Waals surface area contributed by atoms with Gasteiger partial charge in [-0.05, 0) is 62.3 Å². The highest BCUT2D eigenvalue weighted by Gasteiger charge is 2.35. The molecule has 0 spiro atoms. The van der Waals surface area contributed by atoms with Gasteiger partial charge in [-0.1, -0.05) is 25.0 Å². The highest BCUT2D eigenvalue weighted by atomic mass is 16.2. The van der Waals surface area contributed by atoms with E-state index in [9.17, 15) is 4.79 Å². The molecule has 2 atom stereocenters. The summed E-state index contributed by atoms with van der Waals surface area (Å²) < 4.78 is 0. The first kappa shape index (κ1) is 14.6. The molecule has 2 N–H and O–H groups in total. The lowest BCUT2D eigenvalue weighted by atomic mass is 9.78. The van der Waals surface area contributed by atoms with Crippen LogP contribution < -0.4 is 5.73 Å². The maximum absolute atomic E-state index is 12.8. The van der Waals surface area contributed by atoms with E-state index >= 15 is 0 Å². The van der Waals surface area contributed by atoms with Crippen molar-refractivity contribution in [3.05, 3.63) is 35.4 Å². The van der Waals surface area contributed by atoms with Crippen LogP contribution in [0.5, 0.6) is 0 Å². The number of amides is 1. The molecule has 0 aromatic heterocycles. The third-order valence-electron chi connectivity index (χ3n) is 5.14. The average molecular weight is 286 g/mol. The molecule has 114 valence electrons. The van der Waals surface area contributed by atoms with Crippen molar-refractivity contribution in [1.82, 2.24) is 4.90 Å². The van der Waals surface area contributed by atoms with Crippen molar-refractivity contribution in [1.29, 1.82) is 0 Å². The van der Waals surface area contributed by atoms with Crippen LogP contribution in [0.25, 0.3) is 0 Å². The summed E-state index contributed by atoms with van der Waals surface area (Å²) in [5.74, 6) is 0.971. The molecule has 1 aromatic carbocycles. The van der Waals surface area contributed by atoms with Crippen LogP contribution in [0.3, 0.4) is 0 Å². The molecule has 1 saturated carbocycles. The lowest BCUT2D eigenvalue weighted by Crippen LogP contribution is -2.49. The zero-order chi connectivity index (χ0) is 14.7. The maximum Gasteiger partial charge on any atom is 0.254 e. The first-order chi connectivity index (χ1) is 10.3. The number of piperidine rings is 1. The Labute approximate surface area is 127 Å². The second-order valence-electron chi connectivity index (χ2n) is 6.49. The van der Waals surface area contributed by atoms with Crippen LogP contribution in [0.1, 0.15) is 54.4 Å². The molecule has 0 bridgehead atoms. The van der Waals surface area contributed by atoms with E-state index in [0.717, 1.165) is 30.9 Å². The predicted octanol–water partition coefficient (Wildman–Crippen LogP) is 2.98. The fourth-order valence-corrected chi connectivity index (χ4v) is 4.02. The first-order valence-electron chi connectivity index (χ1n) is 8.39. The van der Waals surface area contributed by atoms with Crippen molar-refractivity contribution in [2.24, 2.45) is 11.7 Å². The number of fused-ring (bicyclic) bond motifs is 1. The number of benzene rings is 1. The molecule has 1 aromatic rings. The summed E-state index contributed by atoms with van der Waals surface area (Å²) in [4.78, 5) is 15.0. The molecule has 1 aliphatic heterocycles. The molecule has 0 radical (unpaired) electrons. The number of likely N-dealkylation sites (tertiary alicyclic amines) is 1. The molecule has 2 fully saturated rings. The van der Waals surface area contributed by atoms with Crippen molar-refractivity contribution >= 4 is 5.91 Å². The fraction of sp³-hybridized carbons (Fsp3) is 0.611. The number of nitrogens with two attached hydrogens (primary N) is 1. The van der Waals surface area contributed by atoms with Crippen molar-refractivity contribution < 1.29 is 4.79 Å². The van der Waals surface area contributed by atoms with Gasteiger partial charge in [-0.2, -0.15) is 0 Å². The van der Waals surface area contributed by atoms with Gasteiger partial charge in [0.25, 0.3) is 5.91 Å². The van der Waals surface area contributed by atoms with Crippen LogP contribution in [-0.2, 0) is 6.42 Å². The average Bonchev–Trinajstić information content (AvgIpc) is 2.55. The molecule has 1 saturated heterocycles. The Morgan fingerprint density at radius 1 is 1.10 bits per heavy atom. The van der Waals surface area contributed by atoms with Crippen LogP contribution >= 0.6 is 0 Å². The van der Waals surface area contributed by atoms with Crippen LogP contribution in [0.15, 0.2) is 24.3 Å². The Kier molecular flexibility index (Phi) is 4.59. The summed E-state index contributed by atoms with van der Waals surface area (Å²) in [7, 11) is 0. The minimum atomic E-state index is 0.228. The quantitative estimate of drug-likeness (QED) is 0.928. The minimum absolute atomic E-state index is 0.228. The number of carbonyl (C=O) groups is 1. The third-order valence-corrected chi connectivity index (χ3v) is 5.14. The van der Waals surface area contributed by atoms with Crippen LogP contribution in [0.2, 0.25) is 0 Å². The van der Waals surface area contributed by atoms with Crippen molar-refractivity contribution in [2.75, 3.05) is 13.1 Å². The molecule has 1 heterocycles. The first-order valence-corrected chi connectivity index (χ1v) is 8.39. The summed E-state index contributed by atoms with van der Waals surface area (Å²) in [5.41, 5.74) is 7.62. The van der Waals surface area contributed by atoms with Crippen molar-refractivity contribution in [3.63, 3.8) is 0 Å². The number of nitrogens with zero attached hydrogens (tertiary/aromatic N) is 1. The SMILES string of the molecule is NCCc1ccc(C(=O)N2CCCC3CCCCC32)cc1. The van der Waals surface area contributed by atoms with Crippen LogP contribution in [-0.4, -0.2) is 29.9 Å². The zero-order valence-electron chi connectivity index (χ0n) is 12.8. The second-order valence-corrected chi connectivity index (χ2v) is 6.49. The fourth-order valence-electron chi connectivity index (χ4n) is 4.02. The standard InChI is InChI=1S/C18H26N2O/c19-12-11-14-7-9-16(10-8-14)18(21)20-13-3-5-15-4-1-2-6-17(15)20/h7-10,15,17H,1-6,11-13,19H2. The van der Waals surface area contributed by atoms with Gasteiger partial charge in [0.1, 0.15) is 0 Å². The molecule has 3 rings (SSSR count). The largest absolute Gasteiger partial charge is 0.335 e. The Morgan fingerprint density at radius 3 is 2.57 bits per heavy atom. The topological polar surface area (TPSA) is 46.3 Å². The van der Waals surface area contributed by atoms with E-state index < -0.39 is 0 Å². The van der Waals surface area contributed by atoms with Gasteiger partial charge in [-0.3, -0.25) is 4.79 Å². The van der Waals surface area contributed by atoms with E-state index in [1.165, 1.54) is 37.7 Å². The van der Waals surface area contributed by atoms with E-state index in [0.29, 0.717) is 12.6 Å². The van der Waals surface area contributed by atoms with Crippen molar-refractivity contribution in [3.8, 4) is 0 Å². The van der Waals surface area contributed by atoms with Gasteiger partial charge in [-0.25, -0.2) is 0 Å². The lowest BCUT2D eigenvalue weighted by Gasteiger charge is -2.44. The van der Waals surface area contributed by atoms with E-state index in [4.69, 9.17) is 5.73 Å². The van der Waals surface area contributed by atoms with E-state index in [-0.39, 0.29) is 5.91 Å². The summed E-state index contributed by atoms with van der Waals surface area (Å²) in [6.45, 7) is 1.59. The van der Waals surface area contributed by atoms with E-state index in [2.05, 4.69) is 4.90 Å². The minimum Gasteiger partial charge on any atom is -0.335 e. The number of rotatable bonds is 3. The molecule has 21 heavy (non-hydrogen) atoms. The molecule has 3 heteroatoms. The third kappa shape index (κ3) is 3.13. The van der Waals surface area contributed by atoms with Crippen LogP contribution in [0.4, 0.5) is 0 Å². The zero-order valence-corrected chi connectivity index (χ0v) is 12.8. The highest BCUT2D eigenvalue weighted by molar-refractivity contribution is 5.94. The summed E-state index contributed by atoms with van der Waals surface area (Å²) in [6, 6.07) is 8.52. The molecule has 2 unspecified atom stereocenters. The summed E-state index contributed by atoms with van der Waals surface area (Å²) in [6.07, 6.45) is 8.48. The smallest absolute Gasteiger partial charge is 0.254 e. The van der Waals surface area contributed by atoms with Gasteiger partial charge in [0.05, 0.1) is 0 Å².